The Morgan fingerprint density at radius 2 is 1.80 bits per heavy atom. The second-order valence-electron chi connectivity index (χ2n) is 3.06. The van der Waals surface area contributed by atoms with Crippen LogP contribution in [0.15, 0.2) is 30.3 Å². The van der Waals surface area contributed by atoms with Gasteiger partial charge in [-0.05, 0) is 17.2 Å². The zero-order valence-electron chi connectivity index (χ0n) is 7.59. The van der Waals surface area contributed by atoms with Crippen LogP contribution in [0.2, 0.25) is 0 Å². The van der Waals surface area contributed by atoms with E-state index in [9.17, 15) is 18.0 Å². The van der Waals surface area contributed by atoms with Crippen LogP contribution in [-0.2, 0) is 4.79 Å². The highest BCUT2D eigenvalue weighted by Gasteiger charge is 2.41. The SMILES string of the molecule is O=C(Cl)CC(c1ccccc1)C(F)(F)F. The summed E-state index contributed by atoms with van der Waals surface area (Å²) in [5, 5.41) is -0.985. The minimum Gasteiger partial charge on any atom is -0.281 e. The van der Waals surface area contributed by atoms with Crippen molar-refractivity contribution in [2.75, 3.05) is 0 Å². The van der Waals surface area contributed by atoms with Crippen LogP contribution in [0.3, 0.4) is 0 Å². The van der Waals surface area contributed by atoms with Crippen molar-refractivity contribution >= 4 is 16.8 Å². The minimum absolute atomic E-state index is 0.0546. The summed E-state index contributed by atoms with van der Waals surface area (Å²) < 4.78 is 37.7. The molecule has 1 unspecified atom stereocenters. The molecule has 0 N–H and O–H groups in total. The van der Waals surface area contributed by atoms with E-state index in [1.807, 2.05) is 0 Å². The number of hydrogen-bond acceptors (Lipinski definition) is 1. The Hall–Kier alpha value is -1.03. The van der Waals surface area contributed by atoms with Gasteiger partial charge >= 0.3 is 6.18 Å². The molecule has 0 fully saturated rings. The average molecular weight is 237 g/mol. The quantitative estimate of drug-likeness (QED) is 0.735. The van der Waals surface area contributed by atoms with E-state index >= 15 is 0 Å². The number of carbonyl (C=O) groups excluding carboxylic acids is 1. The van der Waals surface area contributed by atoms with Gasteiger partial charge in [0.15, 0.2) is 0 Å². The highest BCUT2D eigenvalue weighted by atomic mass is 35.5. The molecule has 1 nitrogen and oxygen atoms in total. The molecule has 1 aromatic carbocycles. The van der Waals surface area contributed by atoms with E-state index in [1.54, 1.807) is 6.07 Å². The van der Waals surface area contributed by atoms with Gasteiger partial charge in [-0.1, -0.05) is 30.3 Å². The summed E-state index contributed by atoms with van der Waals surface area (Å²) in [6.07, 6.45) is -5.18. The molecule has 1 aromatic rings. The Labute approximate surface area is 89.9 Å². The van der Waals surface area contributed by atoms with Gasteiger partial charge in [0.1, 0.15) is 0 Å². The number of rotatable bonds is 3. The molecule has 15 heavy (non-hydrogen) atoms. The minimum atomic E-state index is -4.45. The lowest BCUT2D eigenvalue weighted by Crippen LogP contribution is -2.22. The van der Waals surface area contributed by atoms with Crippen molar-refractivity contribution in [2.24, 2.45) is 0 Å². The van der Waals surface area contributed by atoms with Crippen molar-refractivity contribution in [3.8, 4) is 0 Å². The standard InChI is InChI=1S/C10H8ClF3O/c11-9(15)6-8(10(12,13)14)7-4-2-1-3-5-7/h1-5,8H,6H2. The van der Waals surface area contributed by atoms with E-state index in [0.29, 0.717) is 0 Å². The molecule has 0 aromatic heterocycles. The zero-order chi connectivity index (χ0) is 11.5. The Morgan fingerprint density at radius 1 is 1.27 bits per heavy atom. The molecule has 0 bridgehead atoms. The first-order valence-electron chi connectivity index (χ1n) is 4.21. The van der Waals surface area contributed by atoms with E-state index in [1.165, 1.54) is 24.3 Å². The van der Waals surface area contributed by atoms with Crippen molar-refractivity contribution in [1.29, 1.82) is 0 Å². The van der Waals surface area contributed by atoms with E-state index in [0.717, 1.165) is 0 Å². The van der Waals surface area contributed by atoms with Gasteiger partial charge in [-0.25, -0.2) is 0 Å². The van der Waals surface area contributed by atoms with Gasteiger partial charge in [-0.3, -0.25) is 4.79 Å². The Kier molecular flexibility index (Phi) is 3.74. The zero-order valence-corrected chi connectivity index (χ0v) is 8.35. The van der Waals surface area contributed by atoms with Gasteiger partial charge < -0.3 is 0 Å². The molecule has 1 atom stereocenters. The number of carbonyl (C=O) groups is 1. The summed E-state index contributed by atoms with van der Waals surface area (Å²) in [6, 6.07) is 7.26. The summed E-state index contributed by atoms with van der Waals surface area (Å²) >= 11 is 4.99. The lowest BCUT2D eigenvalue weighted by molar-refractivity contribution is -0.154. The molecule has 0 spiro atoms. The van der Waals surface area contributed by atoms with Gasteiger partial charge in [-0.2, -0.15) is 13.2 Å². The topological polar surface area (TPSA) is 17.1 Å². The van der Waals surface area contributed by atoms with Crippen LogP contribution < -0.4 is 0 Å². The van der Waals surface area contributed by atoms with Crippen molar-refractivity contribution in [3.63, 3.8) is 0 Å². The highest BCUT2D eigenvalue weighted by molar-refractivity contribution is 6.63. The third kappa shape index (κ3) is 3.55. The maximum atomic E-state index is 12.6. The fraction of sp³-hybridized carbons (Fsp3) is 0.300. The van der Waals surface area contributed by atoms with Crippen molar-refractivity contribution in [3.05, 3.63) is 35.9 Å². The molecule has 0 amide bonds. The first-order valence-corrected chi connectivity index (χ1v) is 4.59. The normalized spacial score (nSPS) is 13.6. The maximum Gasteiger partial charge on any atom is 0.396 e. The van der Waals surface area contributed by atoms with Crippen LogP contribution in [0.1, 0.15) is 17.9 Å². The van der Waals surface area contributed by atoms with Gasteiger partial charge in [0.2, 0.25) is 5.24 Å². The predicted molar refractivity (Wildman–Crippen MR) is 50.7 cm³/mol. The van der Waals surface area contributed by atoms with Crippen LogP contribution in [0.4, 0.5) is 13.2 Å². The Morgan fingerprint density at radius 3 is 2.20 bits per heavy atom. The number of hydrogen-bond donors (Lipinski definition) is 0. The van der Waals surface area contributed by atoms with Gasteiger partial charge in [-0.15, -0.1) is 0 Å². The molecule has 0 aliphatic carbocycles. The number of alkyl halides is 3. The summed E-state index contributed by atoms with van der Waals surface area (Å²) in [6.45, 7) is 0. The van der Waals surface area contributed by atoms with E-state index in [4.69, 9.17) is 11.6 Å². The van der Waals surface area contributed by atoms with Crippen LogP contribution in [0, 0.1) is 0 Å². The largest absolute Gasteiger partial charge is 0.396 e. The molecule has 1 rings (SSSR count). The smallest absolute Gasteiger partial charge is 0.281 e. The fourth-order valence-corrected chi connectivity index (χ4v) is 1.42. The van der Waals surface area contributed by atoms with Crippen LogP contribution in [0.5, 0.6) is 0 Å². The molecule has 0 aliphatic heterocycles. The van der Waals surface area contributed by atoms with E-state index < -0.39 is 23.8 Å². The first kappa shape index (κ1) is 12.0. The van der Waals surface area contributed by atoms with Crippen molar-refractivity contribution < 1.29 is 18.0 Å². The fourth-order valence-electron chi connectivity index (χ4n) is 1.27. The van der Waals surface area contributed by atoms with Gasteiger partial charge in [0, 0.05) is 6.42 Å². The third-order valence-electron chi connectivity index (χ3n) is 1.96. The summed E-state index contributed by atoms with van der Waals surface area (Å²) in [5.74, 6) is -1.82. The highest BCUT2D eigenvalue weighted by Crippen LogP contribution is 2.37. The first-order chi connectivity index (χ1) is 6.91. The molecular formula is C10H8ClF3O. The summed E-state index contributed by atoms with van der Waals surface area (Å²) in [4.78, 5) is 10.5. The van der Waals surface area contributed by atoms with Crippen molar-refractivity contribution in [2.45, 2.75) is 18.5 Å². The monoisotopic (exact) mass is 236 g/mol. The molecule has 5 heteroatoms. The van der Waals surface area contributed by atoms with E-state index in [-0.39, 0.29) is 5.56 Å². The van der Waals surface area contributed by atoms with Crippen LogP contribution in [-0.4, -0.2) is 11.4 Å². The molecule has 0 radical (unpaired) electrons. The summed E-state index contributed by atoms with van der Waals surface area (Å²) in [7, 11) is 0. The second-order valence-corrected chi connectivity index (χ2v) is 3.49. The molecule has 0 aliphatic rings. The molecular weight excluding hydrogens is 229 g/mol. The molecule has 82 valence electrons. The summed E-state index contributed by atoms with van der Waals surface area (Å²) in [5.41, 5.74) is 0.0546. The molecule has 0 saturated heterocycles. The number of benzene rings is 1. The second kappa shape index (κ2) is 4.66. The molecule has 0 heterocycles. The van der Waals surface area contributed by atoms with Gasteiger partial charge in [0.05, 0.1) is 5.92 Å². The lowest BCUT2D eigenvalue weighted by Gasteiger charge is -2.18. The van der Waals surface area contributed by atoms with Crippen LogP contribution in [0.25, 0.3) is 0 Å². The van der Waals surface area contributed by atoms with E-state index in [2.05, 4.69) is 0 Å². The number of halogens is 4. The average Bonchev–Trinajstić information content (AvgIpc) is 2.14. The predicted octanol–water partition coefficient (Wildman–Crippen LogP) is 3.49. The van der Waals surface area contributed by atoms with Crippen LogP contribution >= 0.6 is 11.6 Å². The Bertz CT molecular complexity index is 334. The Balaban J connectivity index is 2.97. The lowest BCUT2D eigenvalue weighted by atomic mass is 9.96. The third-order valence-corrected chi connectivity index (χ3v) is 2.12. The van der Waals surface area contributed by atoms with Gasteiger partial charge in [0.25, 0.3) is 0 Å². The maximum absolute atomic E-state index is 12.6. The van der Waals surface area contributed by atoms with Crippen molar-refractivity contribution in [1.82, 2.24) is 0 Å². The molecule has 0 saturated carbocycles.